The van der Waals surface area contributed by atoms with Gasteiger partial charge in [-0.1, -0.05) is 74.8 Å². The van der Waals surface area contributed by atoms with Crippen LogP contribution in [0.4, 0.5) is 4.39 Å². The van der Waals surface area contributed by atoms with E-state index in [0.717, 1.165) is 45.2 Å². The molecule has 0 amide bonds. The standard InChI is InChI=1S/C31H53FN2/c1-10-14-17-25(5)23-33-27(7)24-34(28(8)12-3)22-21-31(19-15-11-2)29(9)30(13-4)20-16-18-26(6)32/h11,13,16-19,23,26-29H,2,10,12,14-15,20-22,24H2,1,3-9H3/b18-16-,25-17-,30-13+,31-19+,33-23?. The first-order chi connectivity index (χ1) is 16.2. The van der Waals surface area contributed by atoms with Gasteiger partial charge in [-0.05, 0) is 78.2 Å². The second kappa shape index (κ2) is 19.6. The van der Waals surface area contributed by atoms with Gasteiger partial charge in [-0.15, -0.1) is 6.58 Å². The molecular formula is C31H53FN2. The Kier molecular flexibility index (Phi) is 18.6. The lowest BCUT2D eigenvalue weighted by Gasteiger charge is -2.31. The second-order valence-electron chi connectivity index (χ2n) is 9.56. The van der Waals surface area contributed by atoms with Crippen LogP contribution in [-0.4, -0.2) is 42.5 Å². The molecular weight excluding hydrogens is 419 g/mol. The fourth-order valence-corrected chi connectivity index (χ4v) is 3.98. The minimum Gasteiger partial charge on any atom is -0.298 e. The highest BCUT2D eigenvalue weighted by Gasteiger charge is 2.18. The molecule has 0 aliphatic carbocycles. The van der Waals surface area contributed by atoms with Crippen LogP contribution in [0.5, 0.6) is 0 Å². The average Bonchev–Trinajstić information content (AvgIpc) is 2.82. The maximum absolute atomic E-state index is 13.2. The van der Waals surface area contributed by atoms with Crippen LogP contribution < -0.4 is 0 Å². The monoisotopic (exact) mass is 472 g/mol. The number of aliphatic imine (C=N–C) groups is 1. The van der Waals surface area contributed by atoms with Crippen molar-refractivity contribution < 1.29 is 4.39 Å². The maximum atomic E-state index is 13.2. The highest BCUT2D eigenvalue weighted by atomic mass is 19.1. The lowest BCUT2D eigenvalue weighted by Crippen LogP contribution is -2.38. The Morgan fingerprint density at radius 1 is 1.09 bits per heavy atom. The molecule has 0 N–H and O–H groups in total. The quantitative estimate of drug-likeness (QED) is 0.143. The average molecular weight is 473 g/mol. The van der Waals surface area contributed by atoms with Gasteiger partial charge in [-0.2, -0.15) is 0 Å². The summed E-state index contributed by atoms with van der Waals surface area (Å²) in [5.74, 6) is 0.338. The van der Waals surface area contributed by atoms with E-state index in [1.54, 1.807) is 13.0 Å². The van der Waals surface area contributed by atoms with Gasteiger partial charge in [0, 0.05) is 25.3 Å². The molecule has 4 unspecified atom stereocenters. The molecule has 4 atom stereocenters. The van der Waals surface area contributed by atoms with Gasteiger partial charge in [0.15, 0.2) is 0 Å². The first kappa shape index (κ1) is 32.3. The predicted octanol–water partition coefficient (Wildman–Crippen LogP) is 9.07. The number of unbranched alkanes of at least 4 members (excludes halogenated alkanes) is 1. The summed E-state index contributed by atoms with van der Waals surface area (Å²) in [4.78, 5) is 7.41. The Balaban J connectivity index is 5.38. The summed E-state index contributed by atoms with van der Waals surface area (Å²) in [7, 11) is 0. The normalized spacial score (nSPS) is 17.5. The third-order valence-electron chi connectivity index (χ3n) is 6.47. The van der Waals surface area contributed by atoms with Gasteiger partial charge in [0.25, 0.3) is 0 Å². The van der Waals surface area contributed by atoms with Gasteiger partial charge in [0.05, 0.1) is 6.04 Å². The van der Waals surface area contributed by atoms with Crippen molar-refractivity contribution in [3.05, 3.63) is 59.8 Å². The van der Waals surface area contributed by atoms with Crippen molar-refractivity contribution >= 4 is 6.21 Å². The van der Waals surface area contributed by atoms with Crippen LogP contribution in [-0.2, 0) is 0 Å². The summed E-state index contributed by atoms with van der Waals surface area (Å²) in [6.45, 7) is 23.0. The summed E-state index contributed by atoms with van der Waals surface area (Å²) >= 11 is 0. The first-order valence-electron chi connectivity index (χ1n) is 13.4. The van der Waals surface area contributed by atoms with Crippen molar-refractivity contribution in [1.29, 1.82) is 0 Å². The number of hydrogen-bond acceptors (Lipinski definition) is 2. The van der Waals surface area contributed by atoms with Crippen LogP contribution in [0.15, 0.2) is 64.7 Å². The molecule has 0 fully saturated rings. The van der Waals surface area contributed by atoms with Gasteiger partial charge in [0.1, 0.15) is 6.17 Å². The zero-order valence-corrected chi connectivity index (χ0v) is 23.5. The molecule has 3 heteroatoms. The van der Waals surface area contributed by atoms with Crippen LogP contribution in [0.25, 0.3) is 0 Å². The largest absolute Gasteiger partial charge is 0.298 e. The molecule has 34 heavy (non-hydrogen) atoms. The van der Waals surface area contributed by atoms with Crippen LogP contribution in [0.3, 0.4) is 0 Å². The van der Waals surface area contributed by atoms with E-state index in [2.05, 4.69) is 78.2 Å². The van der Waals surface area contributed by atoms with E-state index < -0.39 is 6.17 Å². The maximum Gasteiger partial charge on any atom is 0.115 e. The van der Waals surface area contributed by atoms with E-state index in [1.807, 2.05) is 18.4 Å². The van der Waals surface area contributed by atoms with Crippen LogP contribution in [0.2, 0.25) is 0 Å². The molecule has 0 aliphatic rings. The first-order valence-corrected chi connectivity index (χ1v) is 13.4. The van der Waals surface area contributed by atoms with E-state index in [1.165, 1.54) is 23.1 Å². The molecule has 0 heterocycles. The van der Waals surface area contributed by atoms with E-state index >= 15 is 0 Å². The lowest BCUT2D eigenvalue weighted by atomic mass is 9.87. The van der Waals surface area contributed by atoms with Gasteiger partial charge in [-0.25, -0.2) is 4.39 Å². The van der Waals surface area contributed by atoms with E-state index in [0.29, 0.717) is 12.0 Å². The Labute approximate surface area is 211 Å². The third-order valence-corrected chi connectivity index (χ3v) is 6.47. The number of nitrogens with zero attached hydrogens (tertiary/aromatic N) is 2. The molecule has 2 nitrogen and oxygen atoms in total. The van der Waals surface area contributed by atoms with E-state index in [4.69, 9.17) is 4.99 Å². The van der Waals surface area contributed by atoms with Crippen molar-refractivity contribution in [2.24, 2.45) is 10.9 Å². The molecule has 0 aromatic rings. The summed E-state index contributed by atoms with van der Waals surface area (Å²) in [5.41, 5.74) is 4.04. The fraction of sp³-hybridized carbons (Fsp3) is 0.645. The summed E-state index contributed by atoms with van der Waals surface area (Å²) in [6.07, 6.45) is 19.6. The molecule has 0 aromatic heterocycles. The van der Waals surface area contributed by atoms with Crippen LogP contribution >= 0.6 is 0 Å². The molecule has 0 bridgehead atoms. The Morgan fingerprint density at radius 2 is 1.79 bits per heavy atom. The van der Waals surface area contributed by atoms with E-state index in [9.17, 15) is 4.39 Å². The summed E-state index contributed by atoms with van der Waals surface area (Å²) in [6, 6.07) is 0.774. The molecule has 0 aliphatic heterocycles. The van der Waals surface area contributed by atoms with Crippen molar-refractivity contribution in [3.8, 4) is 0 Å². The minimum absolute atomic E-state index is 0.260. The Morgan fingerprint density at radius 3 is 2.35 bits per heavy atom. The van der Waals surface area contributed by atoms with Crippen LogP contribution in [0.1, 0.15) is 93.9 Å². The SMILES string of the molecule is C=CC/C=C(\CCN(CC(C)N=C/C(C)=C\CCC)C(C)CC)C(C)/C(=C/C)C/C=C\C(C)F. The van der Waals surface area contributed by atoms with Crippen molar-refractivity contribution in [1.82, 2.24) is 4.90 Å². The smallest absolute Gasteiger partial charge is 0.115 e. The van der Waals surface area contributed by atoms with Crippen molar-refractivity contribution in [2.75, 3.05) is 13.1 Å². The van der Waals surface area contributed by atoms with Gasteiger partial charge >= 0.3 is 0 Å². The molecule has 0 saturated carbocycles. The molecule has 0 aromatic carbocycles. The third kappa shape index (κ3) is 14.5. The highest BCUT2D eigenvalue weighted by molar-refractivity contribution is 5.77. The predicted molar refractivity (Wildman–Crippen MR) is 153 cm³/mol. The van der Waals surface area contributed by atoms with Gasteiger partial charge < -0.3 is 0 Å². The zero-order chi connectivity index (χ0) is 25.9. The number of hydrogen-bond donors (Lipinski definition) is 0. The van der Waals surface area contributed by atoms with Gasteiger partial charge in [0.2, 0.25) is 0 Å². The van der Waals surface area contributed by atoms with Gasteiger partial charge in [-0.3, -0.25) is 9.89 Å². The zero-order valence-electron chi connectivity index (χ0n) is 23.5. The lowest BCUT2D eigenvalue weighted by molar-refractivity contribution is 0.196. The summed E-state index contributed by atoms with van der Waals surface area (Å²) in [5, 5.41) is 0. The molecule has 0 spiro atoms. The number of rotatable bonds is 18. The topological polar surface area (TPSA) is 15.6 Å². The van der Waals surface area contributed by atoms with E-state index in [-0.39, 0.29) is 6.04 Å². The Bertz CT molecular complexity index is 696. The molecule has 0 radical (unpaired) electrons. The number of alkyl halides is 1. The summed E-state index contributed by atoms with van der Waals surface area (Å²) < 4.78 is 13.2. The second-order valence-corrected chi connectivity index (χ2v) is 9.56. The highest BCUT2D eigenvalue weighted by Crippen LogP contribution is 2.27. The van der Waals surface area contributed by atoms with Crippen molar-refractivity contribution in [2.45, 2.75) is 112 Å². The Hall–Kier alpha value is -1.74. The molecule has 194 valence electrons. The van der Waals surface area contributed by atoms with Crippen LogP contribution in [0, 0.1) is 5.92 Å². The number of halogens is 1. The van der Waals surface area contributed by atoms with Crippen molar-refractivity contribution in [3.63, 3.8) is 0 Å². The molecule has 0 saturated heterocycles. The minimum atomic E-state index is -0.899. The number of allylic oxidation sites excluding steroid dienone is 8. The fourth-order valence-electron chi connectivity index (χ4n) is 3.98. The molecule has 0 rings (SSSR count).